The Morgan fingerprint density at radius 1 is 1.44 bits per heavy atom. The van der Waals surface area contributed by atoms with Gasteiger partial charge in [0.1, 0.15) is 5.78 Å². The summed E-state index contributed by atoms with van der Waals surface area (Å²) in [6, 6.07) is 0. The smallest absolute Gasteiger partial charge is 0.364 e. The van der Waals surface area contributed by atoms with E-state index in [0.717, 1.165) is 6.92 Å². The van der Waals surface area contributed by atoms with E-state index in [0.29, 0.717) is 12.8 Å². The van der Waals surface area contributed by atoms with Gasteiger partial charge in [-0.15, -0.1) is 0 Å². The van der Waals surface area contributed by atoms with Gasteiger partial charge < -0.3 is 4.74 Å². The molecule has 1 aliphatic rings. The highest BCUT2D eigenvalue weighted by Crippen LogP contribution is 2.46. The molecule has 0 aromatic rings. The zero-order chi connectivity index (χ0) is 12.6. The Kier molecular flexibility index (Phi) is 3.67. The summed E-state index contributed by atoms with van der Waals surface area (Å²) >= 11 is 0. The fourth-order valence-corrected chi connectivity index (χ4v) is 2.22. The molecule has 0 bridgehead atoms. The standard InChI is InChI=1S/C11H17F3O2/c1-4-10(5-2)8(15)6-9(10)16-7(3)11(12,13)14/h7,9H,4-6H2,1-3H3. The molecule has 2 unspecified atom stereocenters. The van der Waals surface area contributed by atoms with Crippen molar-refractivity contribution in [3.63, 3.8) is 0 Å². The van der Waals surface area contributed by atoms with E-state index in [1.807, 2.05) is 13.8 Å². The van der Waals surface area contributed by atoms with Gasteiger partial charge in [0, 0.05) is 6.42 Å². The van der Waals surface area contributed by atoms with Crippen molar-refractivity contribution in [3.05, 3.63) is 0 Å². The molecule has 94 valence electrons. The lowest BCUT2D eigenvalue weighted by molar-refractivity contribution is -0.249. The minimum atomic E-state index is -4.36. The summed E-state index contributed by atoms with van der Waals surface area (Å²) in [4.78, 5) is 11.5. The predicted octanol–water partition coefficient (Wildman–Crippen LogP) is 3.10. The number of rotatable bonds is 4. The van der Waals surface area contributed by atoms with Crippen LogP contribution in [0.5, 0.6) is 0 Å². The third-order valence-electron chi connectivity index (χ3n) is 3.63. The summed E-state index contributed by atoms with van der Waals surface area (Å²) in [7, 11) is 0. The van der Waals surface area contributed by atoms with E-state index in [1.165, 1.54) is 0 Å². The number of hydrogen-bond donors (Lipinski definition) is 0. The monoisotopic (exact) mass is 238 g/mol. The maximum atomic E-state index is 12.3. The Morgan fingerprint density at radius 3 is 2.25 bits per heavy atom. The van der Waals surface area contributed by atoms with Crippen molar-refractivity contribution in [1.29, 1.82) is 0 Å². The van der Waals surface area contributed by atoms with Crippen molar-refractivity contribution >= 4 is 5.78 Å². The quantitative estimate of drug-likeness (QED) is 0.752. The Labute approximate surface area is 93.2 Å². The molecule has 16 heavy (non-hydrogen) atoms. The van der Waals surface area contributed by atoms with Crippen molar-refractivity contribution in [2.75, 3.05) is 0 Å². The Hall–Kier alpha value is -0.580. The van der Waals surface area contributed by atoms with E-state index >= 15 is 0 Å². The first kappa shape index (κ1) is 13.5. The summed E-state index contributed by atoms with van der Waals surface area (Å²) in [6.45, 7) is 4.61. The third kappa shape index (κ3) is 2.10. The summed E-state index contributed by atoms with van der Waals surface area (Å²) in [5.74, 6) is 0.0249. The van der Waals surface area contributed by atoms with E-state index in [2.05, 4.69) is 0 Å². The van der Waals surface area contributed by atoms with E-state index in [1.54, 1.807) is 0 Å². The highest BCUT2D eigenvalue weighted by molar-refractivity contribution is 5.92. The molecule has 5 heteroatoms. The van der Waals surface area contributed by atoms with Crippen molar-refractivity contribution in [2.45, 2.75) is 58.4 Å². The number of ether oxygens (including phenoxy) is 1. The van der Waals surface area contributed by atoms with Crippen LogP contribution in [0.3, 0.4) is 0 Å². The van der Waals surface area contributed by atoms with Crippen molar-refractivity contribution in [3.8, 4) is 0 Å². The van der Waals surface area contributed by atoms with Crippen LogP contribution in [0.1, 0.15) is 40.0 Å². The Morgan fingerprint density at radius 2 is 1.94 bits per heavy atom. The average Bonchev–Trinajstić information content (AvgIpc) is 2.17. The fraction of sp³-hybridized carbons (Fsp3) is 0.909. The van der Waals surface area contributed by atoms with Crippen LogP contribution in [0, 0.1) is 5.41 Å². The van der Waals surface area contributed by atoms with Crippen LogP contribution in [0.4, 0.5) is 13.2 Å². The van der Waals surface area contributed by atoms with Crippen molar-refractivity contribution in [1.82, 2.24) is 0 Å². The van der Waals surface area contributed by atoms with Gasteiger partial charge in [0.2, 0.25) is 0 Å². The van der Waals surface area contributed by atoms with Gasteiger partial charge in [-0.3, -0.25) is 4.79 Å². The lowest BCUT2D eigenvalue weighted by atomic mass is 9.61. The number of halogens is 3. The van der Waals surface area contributed by atoms with E-state index in [9.17, 15) is 18.0 Å². The maximum absolute atomic E-state index is 12.3. The molecule has 1 saturated carbocycles. The van der Waals surface area contributed by atoms with Crippen LogP contribution in [-0.2, 0) is 9.53 Å². The molecule has 0 radical (unpaired) electrons. The zero-order valence-corrected chi connectivity index (χ0v) is 9.73. The summed E-state index contributed by atoms with van der Waals surface area (Å²) < 4.78 is 41.9. The van der Waals surface area contributed by atoms with Crippen LogP contribution in [0.2, 0.25) is 0 Å². The van der Waals surface area contributed by atoms with Gasteiger partial charge in [0.05, 0.1) is 11.5 Å². The second kappa shape index (κ2) is 4.35. The van der Waals surface area contributed by atoms with Crippen LogP contribution >= 0.6 is 0 Å². The Bertz CT molecular complexity index is 269. The molecule has 1 rings (SSSR count). The molecular formula is C11H17F3O2. The van der Waals surface area contributed by atoms with Crippen molar-refractivity contribution in [2.24, 2.45) is 5.41 Å². The molecule has 0 heterocycles. The molecule has 0 aromatic carbocycles. The summed E-state index contributed by atoms with van der Waals surface area (Å²) in [6.07, 6.45) is -5.54. The second-order valence-corrected chi connectivity index (χ2v) is 4.30. The highest BCUT2D eigenvalue weighted by atomic mass is 19.4. The lowest BCUT2D eigenvalue weighted by Gasteiger charge is -2.47. The van der Waals surface area contributed by atoms with Gasteiger partial charge >= 0.3 is 6.18 Å². The number of carbonyl (C=O) groups is 1. The number of Topliss-reactive ketones (excluding diaryl/α,β-unsaturated/α-hetero) is 1. The fourth-order valence-electron chi connectivity index (χ4n) is 2.22. The first-order valence-corrected chi connectivity index (χ1v) is 5.53. The third-order valence-corrected chi connectivity index (χ3v) is 3.63. The molecule has 0 N–H and O–H groups in total. The minimum absolute atomic E-state index is 0.0249. The normalized spacial score (nSPS) is 26.4. The van der Waals surface area contributed by atoms with E-state index in [4.69, 9.17) is 4.74 Å². The van der Waals surface area contributed by atoms with E-state index in [-0.39, 0.29) is 12.2 Å². The van der Waals surface area contributed by atoms with Gasteiger partial charge in [-0.1, -0.05) is 13.8 Å². The van der Waals surface area contributed by atoms with Crippen molar-refractivity contribution < 1.29 is 22.7 Å². The number of ketones is 1. The lowest BCUT2D eigenvalue weighted by Crippen LogP contribution is -2.56. The van der Waals surface area contributed by atoms with Gasteiger partial charge in [0.15, 0.2) is 6.10 Å². The van der Waals surface area contributed by atoms with Gasteiger partial charge in [0.25, 0.3) is 0 Å². The topological polar surface area (TPSA) is 26.3 Å². The molecule has 0 amide bonds. The maximum Gasteiger partial charge on any atom is 0.414 e. The molecule has 1 fully saturated rings. The number of carbonyl (C=O) groups excluding carboxylic acids is 1. The second-order valence-electron chi connectivity index (χ2n) is 4.30. The first-order valence-electron chi connectivity index (χ1n) is 5.53. The zero-order valence-electron chi connectivity index (χ0n) is 9.73. The highest BCUT2D eigenvalue weighted by Gasteiger charge is 2.55. The van der Waals surface area contributed by atoms with Crippen LogP contribution < -0.4 is 0 Å². The molecule has 0 aromatic heterocycles. The molecule has 1 aliphatic carbocycles. The summed E-state index contributed by atoms with van der Waals surface area (Å²) in [5.41, 5.74) is -0.681. The largest absolute Gasteiger partial charge is 0.414 e. The molecule has 2 atom stereocenters. The molecule has 0 spiro atoms. The SMILES string of the molecule is CCC1(CC)C(=O)CC1OC(C)C(F)(F)F. The van der Waals surface area contributed by atoms with Crippen LogP contribution in [-0.4, -0.2) is 24.2 Å². The Balaban J connectivity index is 2.67. The number of alkyl halides is 3. The first-order chi connectivity index (χ1) is 7.28. The molecular weight excluding hydrogens is 221 g/mol. The van der Waals surface area contributed by atoms with Gasteiger partial charge in [-0.05, 0) is 19.8 Å². The van der Waals surface area contributed by atoms with Crippen LogP contribution in [0.25, 0.3) is 0 Å². The van der Waals surface area contributed by atoms with Crippen LogP contribution in [0.15, 0.2) is 0 Å². The average molecular weight is 238 g/mol. The van der Waals surface area contributed by atoms with Gasteiger partial charge in [-0.2, -0.15) is 13.2 Å². The number of hydrogen-bond acceptors (Lipinski definition) is 2. The molecule has 0 saturated heterocycles. The minimum Gasteiger partial charge on any atom is -0.364 e. The van der Waals surface area contributed by atoms with E-state index < -0.39 is 23.8 Å². The summed E-state index contributed by atoms with van der Waals surface area (Å²) in [5, 5.41) is 0. The molecule has 0 aliphatic heterocycles. The molecule has 2 nitrogen and oxygen atoms in total. The predicted molar refractivity (Wildman–Crippen MR) is 53.0 cm³/mol. The van der Waals surface area contributed by atoms with Gasteiger partial charge in [-0.25, -0.2) is 0 Å².